The van der Waals surface area contributed by atoms with Gasteiger partial charge in [0.15, 0.2) is 5.78 Å². The number of carbonyl (C=O) groups is 1. The van der Waals surface area contributed by atoms with Crippen LogP contribution in [0.1, 0.15) is 21.5 Å². The molecule has 0 spiro atoms. The van der Waals surface area contributed by atoms with Gasteiger partial charge in [0.05, 0.1) is 11.4 Å². The van der Waals surface area contributed by atoms with Crippen molar-refractivity contribution < 1.29 is 4.79 Å². The highest BCUT2D eigenvalue weighted by Gasteiger charge is 2.11. The van der Waals surface area contributed by atoms with E-state index in [1.54, 1.807) is 6.08 Å². The van der Waals surface area contributed by atoms with Crippen molar-refractivity contribution in [2.75, 3.05) is 0 Å². The lowest BCUT2D eigenvalue weighted by molar-refractivity contribution is 0.104. The Kier molecular flexibility index (Phi) is 4.98. The Morgan fingerprint density at radius 1 is 0.857 bits per heavy atom. The Bertz CT molecular complexity index is 1110. The molecule has 0 saturated carbocycles. The number of hydrogen-bond donors (Lipinski definition) is 0. The van der Waals surface area contributed by atoms with Crippen LogP contribution < -0.4 is 0 Å². The molecule has 0 aliphatic rings. The van der Waals surface area contributed by atoms with Gasteiger partial charge in [-0.1, -0.05) is 78.4 Å². The summed E-state index contributed by atoms with van der Waals surface area (Å²) in [5.41, 5.74) is 5.61. The summed E-state index contributed by atoms with van der Waals surface area (Å²) in [4.78, 5) is 12.5. The third-order valence-electron chi connectivity index (χ3n) is 4.56. The smallest absolute Gasteiger partial charge is 0.185 e. The van der Waals surface area contributed by atoms with E-state index in [4.69, 9.17) is 5.10 Å². The number of ketones is 1. The van der Waals surface area contributed by atoms with Crippen LogP contribution in [0.4, 0.5) is 0 Å². The van der Waals surface area contributed by atoms with E-state index in [0.29, 0.717) is 5.56 Å². The highest BCUT2D eigenvalue weighted by Crippen LogP contribution is 2.25. The van der Waals surface area contributed by atoms with E-state index in [9.17, 15) is 4.79 Å². The summed E-state index contributed by atoms with van der Waals surface area (Å²) in [6.07, 6.45) is 5.41. The van der Waals surface area contributed by atoms with Crippen LogP contribution in [0.25, 0.3) is 23.0 Å². The maximum absolute atomic E-state index is 12.5. The highest BCUT2D eigenvalue weighted by molar-refractivity contribution is 6.07. The van der Waals surface area contributed by atoms with Crippen molar-refractivity contribution in [3.8, 4) is 16.9 Å². The topological polar surface area (TPSA) is 34.9 Å². The van der Waals surface area contributed by atoms with Gasteiger partial charge in [0.1, 0.15) is 0 Å². The van der Waals surface area contributed by atoms with E-state index in [1.807, 2.05) is 77.6 Å². The molecule has 0 saturated heterocycles. The fourth-order valence-corrected chi connectivity index (χ4v) is 3.02. The molecule has 4 rings (SSSR count). The predicted octanol–water partition coefficient (Wildman–Crippen LogP) is 5.74. The Morgan fingerprint density at radius 3 is 2.18 bits per heavy atom. The highest BCUT2D eigenvalue weighted by atomic mass is 16.1. The lowest BCUT2D eigenvalue weighted by Gasteiger charge is -2.01. The number of benzene rings is 3. The van der Waals surface area contributed by atoms with Gasteiger partial charge in [-0.25, -0.2) is 4.68 Å². The molecule has 3 nitrogen and oxygen atoms in total. The Hall–Kier alpha value is -3.72. The lowest BCUT2D eigenvalue weighted by Crippen LogP contribution is -1.93. The molecular weight excluding hydrogens is 344 g/mol. The van der Waals surface area contributed by atoms with Crippen molar-refractivity contribution in [3.05, 3.63) is 114 Å². The summed E-state index contributed by atoms with van der Waals surface area (Å²) in [5.74, 6) is -0.0251. The van der Waals surface area contributed by atoms with E-state index in [0.717, 1.165) is 22.5 Å². The minimum Gasteiger partial charge on any atom is -0.289 e. The molecule has 1 heterocycles. The molecule has 136 valence electrons. The molecule has 0 fully saturated rings. The van der Waals surface area contributed by atoms with Crippen LogP contribution in [-0.2, 0) is 0 Å². The van der Waals surface area contributed by atoms with Crippen LogP contribution in [0, 0.1) is 6.92 Å². The third-order valence-corrected chi connectivity index (χ3v) is 4.56. The molecule has 0 radical (unpaired) electrons. The second-order valence-electron chi connectivity index (χ2n) is 6.64. The molecule has 0 aliphatic carbocycles. The van der Waals surface area contributed by atoms with Crippen molar-refractivity contribution in [1.29, 1.82) is 0 Å². The predicted molar refractivity (Wildman–Crippen MR) is 114 cm³/mol. The van der Waals surface area contributed by atoms with Gasteiger partial charge in [-0.15, -0.1) is 0 Å². The van der Waals surface area contributed by atoms with Gasteiger partial charge in [0, 0.05) is 22.9 Å². The van der Waals surface area contributed by atoms with Crippen molar-refractivity contribution in [2.45, 2.75) is 6.92 Å². The van der Waals surface area contributed by atoms with Gasteiger partial charge in [-0.3, -0.25) is 4.79 Å². The summed E-state index contributed by atoms with van der Waals surface area (Å²) in [6, 6.07) is 27.5. The van der Waals surface area contributed by atoms with Crippen molar-refractivity contribution in [2.24, 2.45) is 0 Å². The average Bonchev–Trinajstić information content (AvgIpc) is 3.18. The SMILES string of the molecule is Cc1ccc(-c2nn(-c3ccccc3)cc2C=CC(=O)c2ccccc2)cc1. The number of aryl methyl sites for hydroxylation is 1. The molecule has 3 heteroatoms. The zero-order chi connectivity index (χ0) is 19.3. The number of hydrogen-bond acceptors (Lipinski definition) is 2. The zero-order valence-electron chi connectivity index (χ0n) is 15.6. The number of para-hydroxylation sites is 1. The summed E-state index contributed by atoms with van der Waals surface area (Å²) in [7, 11) is 0. The molecule has 1 aromatic heterocycles. The van der Waals surface area contributed by atoms with Crippen LogP contribution in [0.5, 0.6) is 0 Å². The maximum atomic E-state index is 12.5. The van der Waals surface area contributed by atoms with E-state index >= 15 is 0 Å². The minimum absolute atomic E-state index is 0.0251. The Morgan fingerprint density at radius 2 is 1.50 bits per heavy atom. The zero-order valence-corrected chi connectivity index (χ0v) is 15.6. The van der Waals surface area contributed by atoms with Crippen LogP contribution >= 0.6 is 0 Å². The molecule has 0 bridgehead atoms. The second-order valence-corrected chi connectivity index (χ2v) is 6.64. The number of nitrogens with zero attached hydrogens (tertiary/aromatic N) is 2. The molecule has 0 atom stereocenters. The van der Waals surface area contributed by atoms with Gasteiger partial charge >= 0.3 is 0 Å². The van der Waals surface area contributed by atoms with Gasteiger partial charge in [-0.2, -0.15) is 5.10 Å². The number of rotatable bonds is 5. The minimum atomic E-state index is -0.0251. The first-order valence-electron chi connectivity index (χ1n) is 9.20. The first-order valence-corrected chi connectivity index (χ1v) is 9.20. The first kappa shape index (κ1) is 17.7. The third kappa shape index (κ3) is 3.84. The normalized spacial score (nSPS) is 11.0. The summed E-state index contributed by atoms with van der Waals surface area (Å²) >= 11 is 0. The molecule has 0 N–H and O–H groups in total. The van der Waals surface area contributed by atoms with Crippen LogP contribution in [0.15, 0.2) is 97.2 Å². The fourth-order valence-electron chi connectivity index (χ4n) is 3.02. The number of allylic oxidation sites excluding steroid dienone is 1. The molecule has 28 heavy (non-hydrogen) atoms. The molecular formula is C25H20N2O. The average molecular weight is 364 g/mol. The van der Waals surface area contributed by atoms with Crippen LogP contribution in [-0.4, -0.2) is 15.6 Å². The standard InChI is InChI=1S/C25H20N2O/c1-19-12-14-21(15-13-19)25-22(16-17-24(28)20-8-4-2-5-9-20)18-27(26-25)23-10-6-3-7-11-23/h2-18H,1H3. The molecule has 0 amide bonds. The van der Waals surface area contributed by atoms with Crippen molar-refractivity contribution in [3.63, 3.8) is 0 Å². The summed E-state index contributed by atoms with van der Waals surface area (Å²) in [5, 5.41) is 4.79. The van der Waals surface area contributed by atoms with E-state index in [1.165, 1.54) is 5.56 Å². The van der Waals surface area contributed by atoms with E-state index < -0.39 is 0 Å². The lowest BCUT2D eigenvalue weighted by atomic mass is 10.0. The van der Waals surface area contributed by atoms with Gasteiger partial charge < -0.3 is 0 Å². The summed E-state index contributed by atoms with van der Waals surface area (Å²) < 4.78 is 1.85. The van der Waals surface area contributed by atoms with Gasteiger partial charge in [0.2, 0.25) is 0 Å². The molecule has 0 unspecified atom stereocenters. The van der Waals surface area contributed by atoms with Gasteiger partial charge in [-0.05, 0) is 31.2 Å². The first-order chi connectivity index (χ1) is 13.7. The van der Waals surface area contributed by atoms with Gasteiger partial charge in [0.25, 0.3) is 0 Å². The Balaban J connectivity index is 1.74. The number of carbonyl (C=O) groups excluding carboxylic acids is 1. The fraction of sp³-hybridized carbons (Fsp3) is 0.0400. The molecule has 4 aromatic rings. The van der Waals surface area contributed by atoms with E-state index in [2.05, 4.69) is 31.2 Å². The van der Waals surface area contributed by atoms with Crippen molar-refractivity contribution in [1.82, 2.24) is 9.78 Å². The number of aromatic nitrogens is 2. The monoisotopic (exact) mass is 364 g/mol. The van der Waals surface area contributed by atoms with Crippen LogP contribution in [0.2, 0.25) is 0 Å². The Labute approximate surface area is 164 Å². The van der Waals surface area contributed by atoms with Crippen molar-refractivity contribution >= 4 is 11.9 Å². The second kappa shape index (κ2) is 7.89. The summed E-state index contributed by atoms with van der Waals surface area (Å²) in [6.45, 7) is 2.06. The van der Waals surface area contributed by atoms with E-state index in [-0.39, 0.29) is 5.78 Å². The van der Waals surface area contributed by atoms with Crippen LogP contribution in [0.3, 0.4) is 0 Å². The largest absolute Gasteiger partial charge is 0.289 e. The quantitative estimate of drug-likeness (QED) is 0.334. The molecule has 0 aliphatic heterocycles. The maximum Gasteiger partial charge on any atom is 0.185 e. The molecule has 3 aromatic carbocycles.